The second-order valence-electron chi connectivity index (χ2n) is 3.20. The van der Waals surface area contributed by atoms with E-state index in [1.54, 1.807) is 6.20 Å². The number of H-pyrrole nitrogens is 1. The lowest BCUT2D eigenvalue weighted by Gasteiger charge is -2.37. The van der Waals surface area contributed by atoms with Gasteiger partial charge in [0.2, 0.25) is 0 Å². The summed E-state index contributed by atoms with van der Waals surface area (Å²) >= 11 is 0. The van der Waals surface area contributed by atoms with Gasteiger partial charge in [-0.05, 0) is 0 Å². The Morgan fingerprint density at radius 1 is 1.67 bits per heavy atom. The van der Waals surface area contributed by atoms with Gasteiger partial charge in [-0.3, -0.25) is 4.90 Å². The largest absolute Gasteiger partial charge is 0.396 e. The zero-order chi connectivity index (χ0) is 8.39. The van der Waals surface area contributed by atoms with Crippen LogP contribution in [0.25, 0.3) is 0 Å². The first-order valence-corrected chi connectivity index (χ1v) is 4.06. The van der Waals surface area contributed by atoms with Crippen molar-refractivity contribution in [2.75, 3.05) is 19.7 Å². The van der Waals surface area contributed by atoms with E-state index < -0.39 is 0 Å². The quantitative estimate of drug-likeness (QED) is 0.622. The smallest absolute Gasteiger partial charge is 0.0964 e. The second-order valence-corrected chi connectivity index (χ2v) is 3.20. The van der Waals surface area contributed by atoms with Crippen LogP contribution in [-0.2, 0) is 6.54 Å². The van der Waals surface area contributed by atoms with Crippen LogP contribution in [0.5, 0.6) is 0 Å². The Balaban J connectivity index is 1.77. The number of aromatic amines is 1. The summed E-state index contributed by atoms with van der Waals surface area (Å²) in [5.74, 6) is 0.469. The van der Waals surface area contributed by atoms with Crippen molar-refractivity contribution < 1.29 is 5.11 Å². The maximum atomic E-state index is 8.77. The molecule has 0 bridgehead atoms. The predicted octanol–water partition coefficient (Wildman–Crippen LogP) is -0.771. The first-order chi connectivity index (χ1) is 5.88. The lowest BCUT2D eigenvalue weighted by Crippen LogP contribution is -2.47. The molecule has 1 aliphatic rings. The highest BCUT2D eigenvalue weighted by atomic mass is 16.3. The van der Waals surface area contributed by atoms with Crippen LogP contribution < -0.4 is 0 Å². The minimum atomic E-state index is 0.301. The Labute approximate surface area is 70.4 Å². The molecule has 1 fully saturated rings. The van der Waals surface area contributed by atoms with Crippen molar-refractivity contribution >= 4 is 0 Å². The van der Waals surface area contributed by atoms with Gasteiger partial charge in [0, 0.05) is 32.2 Å². The number of rotatable bonds is 3. The monoisotopic (exact) mass is 168 g/mol. The lowest BCUT2D eigenvalue weighted by atomic mass is 10.0. The summed E-state index contributed by atoms with van der Waals surface area (Å²) in [6.07, 6.45) is 1.73. The molecule has 1 aliphatic heterocycles. The van der Waals surface area contributed by atoms with E-state index in [2.05, 4.69) is 20.3 Å². The standard InChI is InChI=1S/C7H12N4O/c12-5-6-2-11(3-6)4-7-1-8-10-9-7/h1,6,12H,2-5H2,(H,8,9,10). The van der Waals surface area contributed by atoms with Crippen LogP contribution in [0.3, 0.4) is 0 Å². The highest BCUT2D eigenvalue weighted by Gasteiger charge is 2.25. The van der Waals surface area contributed by atoms with Crippen LogP contribution in [0.1, 0.15) is 5.69 Å². The van der Waals surface area contributed by atoms with E-state index in [9.17, 15) is 0 Å². The minimum absolute atomic E-state index is 0.301. The van der Waals surface area contributed by atoms with Gasteiger partial charge >= 0.3 is 0 Å². The Morgan fingerprint density at radius 3 is 3.08 bits per heavy atom. The maximum absolute atomic E-state index is 8.77. The van der Waals surface area contributed by atoms with E-state index >= 15 is 0 Å². The number of hydrogen-bond acceptors (Lipinski definition) is 4. The minimum Gasteiger partial charge on any atom is -0.396 e. The van der Waals surface area contributed by atoms with Gasteiger partial charge in [-0.15, -0.1) is 0 Å². The van der Waals surface area contributed by atoms with Crippen molar-refractivity contribution in [3.8, 4) is 0 Å². The molecule has 0 saturated carbocycles. The summed E-state index contributed by atoms with van der Waals surface area (Å²) in [6, 6.07) is 0. The van der Waals surface area contributed by atoms with Gasteiger partial charge in [0.25, 0.3) is 0 Å². The van der Waals surface area contributed by atoms with Crippen molar-refractivity contribution in [2.24, 2.45) is 5.92 Å². The number of nitrogens with zero attached hydrogens (tertiary/aromatic N) is 3. The highest BCUT2D eigenvalue weighted by Crippen LogP contribution is 2.16. The summed E-state index contributed by atoms with van der Waals surface area (Å²) in [5.41, 5.74) is 0.964. The van der Waals surface area contributed by atoms with Gasteiger partial charge in [0.15, 0.2) is 0 Å². The number of aromatic nitrogens is 3. The molecule has 0 spiro atoms. The van der Waals surface area contributed by atoms with Crippen LogP contribution in [0.4, 0.5) is 0 Å². The van der Waals surface area contributed by atoms with Crippen molar-refractivity contribution in [1.29, 1.82) is 0 Å². The summed E-state index contributed by atoms with van der Waals surface area (Å²) in [5, 5.41) is 19.0. The third kappa shape index (κ3) is 1.46. The molecule has 2 rings (SSSR count). The molecular formula is C7H12N4O. The predicted molar refractivity (Wildman–Crippen MR) is 42.2 cm³/mol. The van der Waals surface area contributed by atoms with E-state index in [1.807, 2.05) is 0 Å². The molecule has 1 aromatic heterocycles. The Bertz CT molecular complexity index is 230. The van der Waals surface area contributed by atoms with Crippen LogP contribution >= 0.6 is 0 Å². The molecule has 0 atom stereocenters. The van der Waals surface area contributed by atoms with E-state index in [1.165, 1.54) is 0 Å². The van der Waals surface area contributed by atoms with Crippen molar-refractivity contribution in [3.63, 3.8) is 0 Å². The van der Waals surface area contributed by atoms with Crippen LogP contribution in [0, 0.1) is 5.92 Å². The first kappa shape index (κ1) is 7.70. The molecule has 0 unspecified atom stereocenters. The number of aliphatic hydroxyl groups excluding tert-OH is 1. The summed E-state index contributed by atoms with van der Waals surface area (Å²) < 4.78 is 0. The summed E-state index contributed by atoms with van der Waals surface area (Å²) in [4.78, 5) is 2.23. The third-order valence-electron chi connectivity index (χ3n) is 2.14. The zero-order valence-electron chi connectivity index (χ0n) is 6.77. The van der Waals surface area contributed by atoms with Gasteiger partial charge in [-0.25, -0.2) is 0 Å². The molecule has 12 heavy (non-hydrogen) atoms. The Hall–Kier alpha value is -0.940. The molecule has 1 aromatic rings. The molecule has 5 heteroatoms. The van der Waals surface area contributed by atoms with Crippen LogP contribution in [-0.4, -0.2) is 45.1 Å². The second kappa shape index (κ2) is 3.20. The highest BCUT2D eigenvalue weighted by molar-refractivity contribution is 4.93. The zero-order valence-corrected chi connectivity index (χ0v) is 6.77. The van der Waals surface area contributed by atoms with Gasteiger partial charge in [-0.1, -0.05) is 0 Å². The molecule has 5 nitrogen and oxygen atoms in total. The van der Waals surface area contributed by atoms with Crippen LogP contribution in [0.15, 0.2) is 6.20 Å². The molecule has 0 radical (unpaired) electrons. The molecule has 1 saturated heterocycles. The van der Waals surface area contributed by atoms with Crippen LogP contribution in [0.2, 0.25) is 0 Å². The molecule has 0 aromatic carbocycles. The van der Waals surface area contributed by atoms with Gasteiger partial charge in [-0.2, -0.15) is 15.4 Å². The Kier molecular flexibility index (Phi) is 2.05. The van der Waals surface area contributed by atoms with Crippen molar-refractivity contribution in [3.05, 3.63) is 11.9 Å². The van der Waals surface area contributed by atoms with Gasteiger partial charge in [0.05, 0.1) is 11.9 Å². The average molecular weight is 168 g/mol. The van der Waals surface area contributed by atoms with Gasteiger partial charge < -0.3 is 5.11 Å². The average Bonchev–Trinajstić information content (AvgIpc) is 2.47. The fourth-order valence-corrected chi connectivity index (χ4v) is 1.45. The summed E-state index contributed by atoms with van der Waals surface area (Å²) in [7, 11) is 0. The van der Waals surface area contributed by atoms with E-state index in [0.717, 1.165) is 25.3 Å². The normalized spacial score (nSPS) is 19.4. The first-order valence-electron chi connectivity index (χ1n) is 4.06. The molecule has 2 heterocycles. The van der Waals surface area contributed by atoms with E-state index in [-0.39, 0.29) is 0 Å². The SMILES string of the molecule is OCC1CN(Cc2cn[nH]n2)C1. The topological polar surface area (TPSA) is 65.0 Å². The fourth-order valence-electron chi connectivity index (χ4n) is 1.45. The van der Waals surface area contributed by atoms with E-state index in [0.29, 0.717) is 12.5 Å². The number of likely N-dealkylation sites (tertiary alicyclic amines) is 1. The number of nitrogens with one attached hydrogen (secondary N) is 1. The van der Waals surface area contributed by atoms with E-state index in [4.69, 9.17) is 5.11 Å². The van der Waals surface area contributed by atoms with Gasteiger partial charge in [0.1, 0.15) is 0 Å². The summed E-state index contributed by atoms with van der Waals surface area (Å²) in [6.45, 7) is 3.09. The number of hydrogen-bond donors (Lipinski definition) is 2. The van der Waals surface area contributed by atoms with Crippen molar-refractivity contribution in [1.82, 2.24) is 20.3 Å². The van der Waals surface area contributed by atoms with Crippen molar-refractivity contribution in [2.45, 2.75) is 6.54 Å². The molecule has 2 N–H and O–H groups in total. The molecular weight excluding hydrogens is 156 g/mol. The third-order valence-corrected chi connectivity index (χ3v) is 2.14. The molecule has 0 amide bonds. The fraction of sp³-hybridized carbons (Fsp3) is 0.714. The lowest BCUT2D eigenvalue weighted by molar-refractivity contribution is 0.0470. The Morgan fingerprint density at radius 2 is 2.50 bits per heavy atom. The maximum Gasteiger partial charge on any atom is 0.0964 e. The molecule has 0 aliphatic carbocycles. The molecule has 66 valence electrons. The number of aliphatic hydroxyl groups is 1.